The van der Waals surface area contributed by atoms with E-state index in [4.69, 9.17) is 4.74 Å². The van der Waals surface area contributed by atoms with Crippen molar-refractivity contribution in [3.63, 3.8) is 0 Å². The highest BCUT2D eigenvalue weighted by Crippen LogP contribution is 2.27. The molecule has 1 saturated carbocycles. The van der Waals surface area contributed by atoms with E-state index in [-0.39, 0.29) is 0 Å². The average molecular weight is 237 g/mol. The van der Waals surface area contributed by atoms with E-state index < -0.39 is 0 Å². The molecule has 0 saturated heterocycles. The fourth-order valence-corrected chi connectivity index (χ4v) is 2.53. The molecular weight excluding hydrogens is 214 g/mol. The molecule has 0 aromatic carbocycles. The van der Waals surface area contributed by atoms with Gasteiger partial charge in [0.25, 0.3) is 0 Å². The molecule has 2 rings (SSSR count). The maximum absolute atomic E-state index is 5.08. The Hall–Kier alpha value is -1.03. The molecular formula is C13H23N3O. The van der Waals surface area contributed by atoms with Crippen molar-refractivity contribution in [1.82, 2.24) is 9.55 Å². The number of aromatic nitrogens is 2. The van der Waals surface area contributed by atoms with Crippen LogP contribution >= 0.6 is 0 Å². The third-order valence-corrected chi connectivity index (χ3v) is 3.56. The summed E-state index contributed by atoms with van der Waals surface area (Å²) in [5, 5.41) is 3.43. The van der Waals surface area contributed by atoms with E-state index in [9.17, 15) is 0 Å². The summed E-state index contributed by atoms with van der Waals surface area (Å²) >= 11 is 0. The molecule has 0 bridgehead atoms. The third-order valence-electron chi connectivity index (χ3n) is 3.56. The van der Waals surface area contributed by atoms with Crippen LogP contribution in [0.2, 0.25) is 0 Å². The van der Waals surface area contributed by atoms with Gasteiger partial charge in [-0.25, -0.2) is 4.98 Å². The molecule has 1 aliphatic rings. The van der Waals surface area contributed by atoms with Crippen molar-refractivity contribution in [1.29, 1.82) is 0 Å². The van der Waals surface area contributed by atoms with E-state index in [0.717, 1.165) is 31.6 Å². The summed E-state index contributed by atoms with van der Waals surface area (Å²) in [4.78, 5) is 4.33. The van der Waals surface area contributed by atoms with Crippen molar-refractivity contribution >= 4 is 5.95 Å². The van der Waals surface area contributed by atoms with Gasteiger partial charge in [0.15, 0.2) is 0 Å². The van der Waals surface area contributed by atoms with Gasteiger partial charge < -0.3 is 14.6 Å². The van der Waals surface area contributed by atoms with Gasteiger partial charge in [-0.3, -0.25) is 0 Å². The minimum Gasteiger partial charge on any atom is -0.383 e. The lowest BCUT2D eigenvalue weighted by Gasteiger charge is -2.12. The Labute approximate surface area is 103 Å². The van der Waals surface area contributed by atoms with Crippen LogP contribution in [0.4, 0.5) is 5.95 Å². The zero-order valence-electron chi connectivity index (χ0n) is 10.7. The summed E-state index contributed by atoms with van der Waals surface area (Å²) < 4.78 is 7.19. The van der Waals surface area contributed by atoms with Gasteiger partial charge >= 0.3 is 0 Å². The van der Waals surface area contributed by atoms with E-state index in [1.165, 1.54) is 32.1 Å². The monoisotopic (exact) mass is 237 g/mol. The SMILES string of the molecule is COCCn1ccnc1NCCC1CCCC1. The zero-order chi connectivity index (χ0) is 11.9. The standard InChI is InChI=1S/C13H23N3O/c1-17-11-10-16-9-8-15-13(16)14-7-6-12-4-2-3-5-12/h8-9,12H,2-7,10-11H2,1H3,(H,14,15). The van der Waals surface area contributed by atoms with E-state index >= 15 is 0 Å². The average Bonchev–Trinajstić information content (AvgIpc) is 2.98. The summed E-state index contributed by atoms with van der Waals surface area (Å²) in [5.41, 5.74) is 0. The molecule has 0 atom stereocenters. The molecule has 1 aromatic rings. The molecule has 1 aromatic heterocycles. The van der Waals surface area contributed by atoms with Crippen LogP contribution in [-0.4, -0.2) is 29.8 Å². The molecule has 1 N–H and O–H groups in total. The van der Waals surface area contributed by atoms with Crippen LogP contribution in [0.1, 0.15) is 32.1 Å². The fraction of sp³-hybridized carbons (Fsp3) is 0.769. The first-order valence-electron chi connectivity index (χ1n) is 6.64. The van der Waals surface area contributed by atoms with Crippen LogP contribution in [0.15, 0.2) is 12.4 Å². The molecule has 4 nitrogen and oxygen atoms in total. The maximum atomic E-state index is 5.08. The van der Waals surface area contributed by atoms with Gasteiger partial charge in [-0.05, 0) is 12.3 Å². The number of hydrogen-bond acceptors (Lipinski definition) is 3. The van der Waals surface area contributed by atoms with Crippen molar-refractivity contribution in [3.05, 3.63) is 12.4 Å². The highest BCUT2D eigenvalue weighted by Gasteiger charge is 2.14. The van der Waals surface area contributed by atoms with E-state index in [2.05, 4.69) is 14.9 Å². The largest absolute Gasteiger partial charge is 0.383 e. The van der Waals surface area contributed by atoms with Crippen molar-refractivity contribution in [2.24, 2.45) is 5.92 Å². The molecule has 4 heteroatoms. The molecule has 1 aliphatic carbocycles. The van der Waals surface area contributed by atoms with E-state index in [1.54, 1.807) is 7.11 Å². The number of anilines is 1. The lowest BCUT2D eigenvalue weighted by atomic mass is 10.0. The smallest absolute Gasteiger partial charge is 0.202 e. The number of methoxy groups -OCH3 is 1. The quantitative estimate of drug-likeness (QED) is 0.792. The summed E-state index contributed by atoms with van der Waals surface area (Å²) in [6, 6.07) is 0. The Kier molecular flexibility index (Phi) is 4.86. The number of ether oxygens (including phenoxy) is 1. The van der Waals surface area contributed by atoms with Crippen LogP contribution < -0.4 is 5.32 Å². The third kappa shape index (κ3) is 3.73. The molecule has 17 heavy (non-hydrogen) atoms. The van der Waals surface area contributed by atoms with Gasteiger partial charge in [0.2, 0.25) is 5.95 Å². The lowest BCUT2D eigenvalue weighted by Crippen LogP contribution is -2.12. The molecule has 96 valence electrons. The van der Waals surface area contributed by atoms with Gasteiger partial charge in [0.05, 0.1) is 6.61 Å². The number of nitrogens with zero attached hydrogens (tertiary/aromatic N) is 2. The number of rotatable bonds is 7. The van der Waals surface area contributed by atoms with Crippen molar-refractivity contribution in [2.45, 2.75) is 38.6 Å². The van der Waals surface area contributed by atoms with E-state index in [1.807, 2.05) is 12.4 Å². The molecule has 0 spiro atoms. The lowest BCUT2D eigenvalue weighted by molar-refractivity contribution is 0.187. The van der Waals surface area contributed by atoms with Crippen molar-refractivity contribution in [2.75, 3.05) is 25.6 Å². The predicted molar refractivity (Wildman–Crippen MR) is 69.2 cm³/mol. The number of imidazole rings is 1. The molecule has 0 aliphatic heterocycles. The highest BCUT2D eigenvalue weighted by molar-refractivity contribution is 5.25. The molecule has 0 amide bonds. The van der Waals surface area contributed by atoms with Gasteiger partial charge in [0.1, 0.15) is 0 Å². The van der Waals surface area contributed by atoms with Crippen molar-refractivity contribution < 1.29 is 4.74 Å². The molecule has 0 radical (unpaired) electrons. The molecule has 1 heterocycles. The van der Waals surface area contributed by atoms with Crippen LogP contribution in [0.5, 0.6) is 0 Å². The second kappa shape index (κ2) is 6.64. The van der Waals surface area contributed by atoms with E-state index in [0.29, 0.717) is 0 Å². The first-order chi connectivity index (χ1) is 8.40. The van der Waals surface area contributed by atoms with Gasteiger partial charge in [-0.15, -0.1) is 0 Å². The fourth-order valence-electron chi connectivity index (χ4n) is 2.53. The second-order valence-corrected chi connectivity index (χ2v) is 4.80. The minimum absolute atomic E-state index is 0.730. The van der Waals surface area contributed by atoms with Gasteiger partial charge in [-0.1, -0.05) is 25.7 Å². The van der Waals surface area contributed by atoms with Crippen LogP contribution in [-0.2, 0) is 11.3 Å². The Balaban J connectivity index is 1.72. The van der Waals surface area contributed by atoms with Crippen molar-refractivity contribution in [3.8, 4) is 0 Å². The Morgan fingerprint density at radius 1 is 1.47 bits per heavy atom. The van der Waals surface area contributed by atoms with Crippen LogP contribution in [0.3, 0.4) is 0 Å². The normalized spacial score (nSPS) is 16.5. The number of nitrogens with one attached hydrogen (secondary N) is 1. The topological polar surface area (TPSA) is 39.1 Å². The summed E-state index contributed by atoms with van der Waals surface area (Å²) in [7, 11) is 1.73. The van der Waals surface area contributed by atoms with Gasteiger partial charge in [0, 0.05) is 32.6 Å². The Morgan fingerprint density at radius 2 is 2.29 bits per heavy atom. The Bertz CT molecular complexity index is 318. The Morgan fingerprint density at radius 3 is 3.06 bits per heavy atom. The molecule has 1 fully saturated rings. The zero-order valence-corrected chi connectivity index (χ0v) is 10.7. The second-order valence-electron chi connectivity index (χ2n) is 4.80. The summed E-state index contributed by atoms with van der Waals surface area (Å²) in [5.74, 6) is 1.91. The van der Waals surface area contributed by atoms with Crippen LogP contribution in [0, 0.1) is 5.92 Å². The summed E-state index contributed by atoms with van der Waals surface area (Å²) in [6.07, 6.45) is 10.8. The van der Waals surface area contributed by atoms with Crippen LogP contribution in [0.25, 0.3) is 0 Å². The maximum Gasteiger partial charge on any atom is 0.202 e. The highest BCUT2D eigenvalue weighted by atomic mass is 16.5. The first kappa shape index (κ1) is 12.4. The summed E-state index contributed by atoms with van der Waals surface area (Å²) in [6.45, 7) is 2.63. The first-order valence-corrected chi connectivity index (χ1v) is 6.64. The molecule has 0 unspecified atom stereocenters. The predicted octanol–water partition coefficient (Wildman–Crippen LogP) is 2.52. The minimum atomic E-state index is 0.730. The number of hydrogen-bond donors (Lipinski definition) is 1. The van der Waals surface area contributed by atoms with Gasteiger partial charge in [-0.2, -0.15) is 0 Å².